The van der Waals surface area contributed by atoms with Gasteiger partial charge in [-0.1, -0.05) is 53.7 Å². The maximum absolute atomic E-state index is 12.8. The first-order chi connectivity index (χ1) is 17.5. The van der Waals surface area contributed by atoms with E-state index in [1.807, 2.05) is 54.0 Å². The summed E-state index contributed by atoms with van der Waals surface area (Å²) < 4.78 is 18.6. The first kappa shape index (κ1) is 25.4. The van der Waals surface area contributed by atoms with Crippen LogP contribution in [0.5, 0.6) is 17.2 Å². The highest BCUT2D eigenvalue weighted by Crippen LogP contribution is 2.32. The molecule has 0 bridgehead atoms. The highest BCUT2D eigenvalue weighted by Gasteiger charge is 2.22. The Bertz CT molecular complexity index is 1330. The lowest BCUT2D eigenvalue weighted by Gasteiger charge is -2.17. The maximum Gasteiger partial charge on any atom is 0.234 e. The number of halogens is 1. The molecule has 0 aliphatic rings. The highest BCUT2D eigenvalue weighted by molar-refractivity contribution is 7.99. The Kier molecular flexibility index (Phi) is 8.35. The van der Waals surface area contributed by atoms with Gasteiger partial charge in [0.25, 0.3) is 0 Å². The van der Waals surface area contributed by atoms with E-state index in [4.69, 9.17) is 25.8 Å². The third-order valence-corrected chi connectivity index (χ3v) is 6.43. The number of anilines is 1. The number of carbonyl (C=O) groups excluding carboxylic acids is 1. The van der Waals surface area contributed by atoms with E-state index in [2.05, 4.69) is 15.5 Å². The average molecular weight is 525 g/mol. The third-order valence-electron chi connectivity index (χ3n) is 5.19. The van der Waals surface area contributed by atoms with Gasteiger partial charge in [0, 0.05) is 11.8 Å². The lowest BCUT2D eigenvalue weighted by atomic mass is 10.2. The number of rotatable bonds is 10. The molecule has 1 unspecified atom stereocenters. The van der Waals surface area contributed by atoms with Crippen molar-refractivity contribution in [3.63, 3.8) is 0 Å². The summed E-state index contributed by atoms with van der Waals surface area (Å²) in [6.07, 6.45) is -0.457. The van der Waals surface area contributed by atoms with Crippen LogP contribution in [0.3, 0.4) is 0 Å². The van der Waals surface area contributed by atoms with Crippen LogP contribution in [0.15, 0.2) is 78.0 Å². The lowest BCUT2D eigenvalue weighted by molar-refractivity contribution is -0.113. The van der Waals surface area contributed by atoms with Crippen LogP contribution in [-0.4, -0.2) is 40.6 Å². The van der Waals surface area contributed by atoms with Crippen molar-refractivity contribution in [2.75, 3.05) is 25.3 Å². The number of nitrogens with zero attached hydrogens (tertiary/aromatic N) is 3. The number of ether oxygens (including phenoxy) is 3. The molecule has 1 atom stereocenters. The van der Waals surface area contributed by atoms with E-state index >= 15 is 0 Å². The molecule has 0 aliphatic carbocycles. The van der Waals surface area contributed by atoms with Gasteiger partial charge in [0.05, 0.1) is 30.7 Å². The predicted molar refractivity (Wildman–Crippen MR) is 141 cm³/mol. The van der Waals surface area contributed by atoms with Crippen molar-refractivity contribution in [3.05, 3.63) is 83.6 Å². The Morgan fingerprint density at radius 2 is 1.75 bits per heavy atom. The fourth-order valence-electron chi connectivity index (χ4n) is 3.47. The average Bonchev–Trinajstić information content (AvgIpc) is 3.33. The lowest BCUT2D eigenvalue weighted by Crippen LogP contribution is -2.16. The number of nitrogens with one attached hydrogen (secondary N) is 1. The van der Waals surface area contributed by atoms with Crippen LogP contribution in [0, 0.1) is 0 Å². The Hall–Kier alpha value is -3.69. The molecular formula is C26H25ClN4O4S. The van der Waals surface area contributed by atoms with Gasteiger partial charge in [-0.25, -0.2) is 0 Å². The molecule has 1 amide bonds. The number of benzene rings is 3. The van der Waals surface area contributed by atoms with Gasteiger partial charge in [-0.2, -0.15) is 0 Å². The van der Waals surface area contributed by atoms with Gasteiger partial charge in [0.1, 0.15) is 17.2 Å². The van der Waals surface area contributed by atoms with Crippen LogP contribution in [0.1, 0.15) is 18.9 Å². The van der Waals surface area contributed by atoms with Crippen molar-refractivity contribution in [1.82, 2.24) is 14.8 Å². The molecule has 1 aromatic heterocycles. The highest BCUT2D eigenvalue weighted by atomic mass is 35.5. The van der Waals surface area contributed by atoms with Crippen molar-refractivity contribution < 1.29 is 19.0 Å². The number of thioether (sulfide) groups is 1. The molecule has 3 aromatic carbocycles. The van der Waals surface area contributed by atoms with Crippen LogP contribution in [0.4, 0.5) is 5.69 Å². The number of hydrogen-bond donors (Lipinski definition) is 1. The molecule has 4 rings (SSSR count). The third kappa shape index (κ3) is 5.92. The van der Waals surface area contributed by atoms with Crippen molar-refractivity contribution >= 4 is 35.0 Å². The summed E-state index contributed by atoms with van der Waals surface area (Å²) in [4.78, 5) is 12.8. The molecule has 1 N–H and O–H groups in total. The Balaban J connectivity index is 1.55. The van der Waals surface area contributed by atoms with Gasteiger partial charge in [-0.15, -0.1) is 10.2 Å². The normalized spacial score (nSPS) is 11.6. The summed E-state index contributed by atoms with van der Waals surface area (Å²) >= 11 is 7.54. The zero-order chi connectivity index (χ0) is 25.5. The summed E-state index contributed by atoms with van der Waals surface area (Å²) in [5, 5.41) is 12.7. The smallest absolute Gasteiger partial charge is 0.234 e. The molecule has 36 heavy (non-hydrogen) atoms. The quantitative estimate of drug-likeness (QED) is 0.262. The fourth-order valence-corrected chi connectivity index (χ4v) is 4.41. The van der Waals surface area contributed by atoms with Gasteiger partial charge < -0.3 is 19.5 Å². The van der Waals surface area contributed by atoms with Gasteiger partial charge >= 0.3 is 0 Å². The molecule has 0 spiro atoms. The molecule has 4 aromatic rings. The van der Waals surface area contributed by atoms with E-state index in [0.717, 1.165) is 5.69 Å². The summed E-state index contributed by atoms with van der Waals surface area (Å²) in [6, 6.07) is 22.1. The van der Waals surface area contributed by atoms with E-state index in [1.54, 1.807) is 44.6 Å². The van der Waals surface area contributed by atoms with Crippen molar-refractivity contribution in [1.29, 1.82) is 0 Å². The van der Waals surface area contributed by atoms with Gasteiger partial charge in [0.15, 0.2) is 17.1 Å². The van der Waals surface area contributed by atoms with Crippen LogP contribution in [-0.2, 0) is 4.79 Å². The van der Waals surface area contributed by atoms with Crippen LogP contribution in [0.25, 0.3) is 5.69 Å². The largest absolute Gasteiger partial charge is 0.497 e. The minimum absolute atomic E-state index is 0.102. The SMILES string of the molecule is COc1ccc(OC)c(NC(=O)CSc2nnc(C(C)Oc3ccccc3Cl)n2-c2ccccc2)c1. The van der Waals surface area contributed by atoms with Gasteiger partial charge in [0.2, 0.25) is 5.91 Å². The van der Waals surface area contributed by atoms with E-state index in [0.29, 0.717) is 38.9 Å². The summed E-state index contributed by atoms with van der Waals surface area (Å²) in [6.45, 7) is 1.88. The van der Waals surface area contributed by atoms with Crippen LogP contribution < -0.4 is 19.5 Å². The Morgan fingerprint density at radius 1 is 1.00 bits per heavy atom. The first-order valence-electron chi connectivity index (χ1n) is 11.1. The second kappa shape index (κ2) is 11.8. The maximum atomic E-state index is 12.8. The number of hydrogen-bond acceptors (Lipinski definition) is 7. The molecule has 8 nitrogen and oxygen atoms in total. The number of para-hydroxylation sites is 2. The minimum Gasteiger partial charge on any atom is -0.497 e. The molecule has 0 saturated heterocycles. The molecule has 1 heterocycles. The van der Waals surface area contributed by atoms with E-state index in [1.165, 1.54) is 11.8 Å². The molecule has 0 saturated carbocycles. The van der Waals surface area contributed by atoms with E-state index in [9.17, 15) is 4.79 Å². The summed E-state index contributed by atoms with van der Waals surface area (Å²) in [5.74, 6) is 2.16. The molecule has 0 aliphatic heterocycles. The number of carbonyl (C=O) groups is 1. The van der Waals surface area contributed by atoms with E-state index < -0.39 is 6.10 Å². The molecule has 10 heteroatoms. The van der Waals surface area contributed by atoms with Crippen molar-refractivity contribution in [3.8, 4) is 22.9 Å². The minimum atomic E-state index is -0.457. The second-order valence-electron chi connectivity index (χ2n) is 7.61. The molecule has 0 fully saturated rings. The second-order valence-corrected chi connectivity index (χ2v) is 8.95. The summed E-state index contributed by atoms with van der Waals surface area (Å²) in [7, 11) is 3.11. The summed E-state index contributed by atoms with van der Waals surface area (Å²) in [5.41, 5.74) is 1.37. The van der Waals surface area contributed by atoms with Crippen molar-refractivity contribution in [2.24, 2.45) is 0 Å². The number of methoxy groups -OCH3 is 2. The first-order valence-corrected chi connectivity index (χ1v) is 12.4. The molecular weight excluding hydrogens is 500 g/mol. The van der Waals surface area contributed by atoms with Crippen molar-refractivity contribution in [2.45, 2.75) is 18.2 Å². The predicted octanol–water partition coefficient (Wildman–Crippen LogP) is 5.81. The molecule has 0 radical (unpaired) electrons. The Labute approximate surface area is 218 Å². The van der Waals surface area contributed by atoms with E-state index in [-0.39, 0.29) is 11.7 Å². The number of aromatic nitrogens is 3. The monoisotopic (exact) mass is 524 g/mol. The van der Waals surface area contributed by atoms with Crippen LogP contribution in [0.2, 0.25) is 5.02 Å². The van der Waals surface area contributed by atoms with Crippen LogP contribution >= 0.6 is 23.4 Å². The fraction of sp³-hybridized carbons (Fsp3) is 0.192. The zero-order valence-corrected chi connectivity index (χ0v) is 21.5. The Morgan fingerprint density at radius 3 is 2.47 bits per heavy atom. The number of amides is 1. The topological polar surface area (TPSA) is 87.5 Å². The standard InChI is InChI=1S/C26H25ClN4O4S/c1-17(35-22-12-8-7-11-20(22)27)25-29-30-26(31(25)18-9-5-4-6-10-18)36-16-24(32)28-21-15-19(33-2)13-14-23(21)34-3/h4-15,17H,16H2,1-3H3,(H,28,32). The molecule has 186 valence electrons. The van der Waals surface area contributed by atoms with Gasteiger partial charge in [-0.05, 0) is 43.3 Å². The zero-order valence-electron chi connectivity index (χ0n) is 20.0. The van der Waals surface area contributed by atoms with Gasteiger partial charge in [-0.3, -0.25) is 9.36 Å².